The number of aromatic nitrogens is 1. The van der Waals surface area contributed by atoms with Crippen LogP contribution in [-0.4, -0.2) is 29.9 Å². The molecule has 0 spiro atoms. The number of para-hydroxylation sites is 1. The van der Waals surface area contributed by atoms with Crippen molar-refractivity contribution in [1.29, 1.82) is 0 Å². The Balaban J connectivity index is 1.24. The Kier molecular flexibility index (Phi) is 12.3. The molecule has 11 aromatic rings. The van der Waals surface area contributed by atoms with E-state index in [1.165, 1.54) is 32.3 Å². The van der Waals surface area contributed by atoms with Crippen LogP contribution in [0.4, 0.5) is 34.1 Å². The minimum Gasteiger partial charge on any atom is -0.455 e. The van der Waals surface area contributed by atoms with E-state index < -0.39 is 30.4 Å². The second kappa shape index (κ2) is 18.9. The number of hydrogen-bond acceptors (Lipinski definition) is 4. The lowest BCUT2D eigenvalue weighted by Gasteiger charge is -2.36. The summed E-state index contributed by atoms with van der Waals surface area (Å²) in [5.74, 6) is 0. The number of benzene rings is 9. The fraction of sp³-hybridized carbons (Fsp3) is 0.186. The molecule has 2 aromatic heterocycles. The molecule has 2 heterocycles. The van der Waals surface area contributed by atoms with E-state index in [1.807, 2.05) is 6.20 Å². The van der Waals surface area contributed by atoms with Crippen molar-refractivity contribution in [3.8, 4) is 11.1 Å². The van der Waals surface area contributed by atoms with Gasteiger partial charge in [-0.25, -0.2) is 0 Å². The molecule has 9 aromatic carbocycles. The SMILES string of the molecule is C[SiH](C)c1ccc(N(c2ccc([Si](C)(C)C)cc2)c2cc3c(c4oc5ccccc5c24)-c2c(cc(N(c4ccc(C(C)(C)C)cc4)c4ccc([Si](C)(C)C)cc4)c4cccnc24)C3(c2ccccc2)c2ccccc2)cc1. The van der Waals surface area contributed by atoms with Gasteiger partial charge in [-0.3, -0.25) is 4.98 Å². The highest BCUT2D eigenvalue weighted by Crippen LogP contribution is 2.63. The van der Waals surface area contributed by atoms with Gasteiger partial charge in [0.15, 0.2) is 0 Å². The number of rotatable bonds is 11. The van der Waals surface area contributed by atoms with Gasteiger partial charge in [-0.15, -0.1) is 0 Å². The van der Waals surface area contributed by atoms with Crippen LogP contribution in [0.2, 0.25) is 52.4 Å². The van der Waals surface area contributed by atoms with E-state index in [0.29, 0.717) is 0 Å². The van der Waals surface area contributed by atoms with Crippen molar-refractivity contribution in [3.05, 3.63) is 240 Å². The highest BCUT2D eigenvalue weighted by Gasteiger charge is 2.50. The number of furan rings is 1. The molecule has 1 aliphatic carbocycles. The molecule has 0 fully saturated rings. The summed E-state index contributed by atoms with van der Waals surface area (Å²) in [4.78, 5) is 10.5. The Labute approximate surface area is 459 Å². The molecule has 0 amide bonds. The molecule has 0 unspecified atom stereocenters. The lowest BCUT2D eigenvalue weighted by molar-refractivity contribution is 0.590. The van der Waals surface area contributed by atoms with Crippen LogP contribution in [0.25, 0.3) is 44.0 Å². The highest BCUT2D eigenvalue weighted by molar-refractivity contribution is 6.89. The van der Waals surface area contributed by atoms with Gasteiger partial charge in [0.25, 0.3) is 0 Å². The average molecular weight is 1050 g/mol. The highest BCUT2D eigenvalue weighted by atomic mass is 28.3. The number of hydrogen-bond donors (Lipinski definition) is 0. The molecule has 0 N–H and O–H groups in total. The Hall–Kier alpha value is -7.56. The molecular weight excluding hydrogens is 983 g/mol. The third-order valence-corrected chi connectivity index (χ3v) is 22.1. The monoisotopic (exact) mass is 1050 g/mol. The van der Waals surface area contributed by atoms with Crippen molar-refractivity contribution in [1.82, 2.24) is 4.98 Å². The zero-order valence-corrected chi connectivity index (χ0v) is 49.7. The third kappa shape index (κ3) is 8.51. The fourth-order valence-electron chi connectivity index (χ4n) is 12.1. The first kappa shape index (κ1) is 50.3. The van der Waals surface area contributed by atoms with Crippen molar-refractivity contribution < 1.29 is 4.42 Å². The van der Waals surface area contributed by atoms with E-state index in [0.717, 1.165) is 89.2 Å². The molecule has 0 saturated carbocycles. The zero-order valence-electron chi connectivity index (χ0n) is 46.5. The molecule has 77 heavy (non-hydrogen) atoms. The van der Waals surface area contributed by atoms with Crippen LogP contribution in [0.15, 0.2) is 217 Å². The maximum atomic E-state index is 7.49. The maximum Gasteiger partial charge on any atom is 0.145 e. The molecule has 0 saturated heterocycles. The van der Waals surface area contributed by atoms with Crippen molar-refractivity contribution in [2.45, 2.75) is 84.0 Å². The summed E-state index contributed by atoms with van der Waals surface area (Å²) in [6, 6.07) is 77.9. The van der Waals surface area contributed by atoms with E-state index in [-0.39, 0.29) is 5.41 Å². The summed E-state index contributed by atoms with van der Waals surface area (Å²) < 4.78 is 7.49. The van der Waals surface area contributed by atoms with Crippen molar-refractivity contribution >= 4 is 107 Å². The first-order valence-electron chi connectivity index (χ1n) is 27.5. The van der Waals surface area contributed by atoms with Gasteiger partial charge < -0.3 is 14.2 Å². The van der Waals surface area contributed by atoms with E-state index in [4.69, 9.17) is 9.40 Å². The molecule has 7 heteroatoms. The summed E-state index contributed by atoms with van der Waals surface area (Å²) in [7, 11) is -4.31. The van der Waals surface area contributed by atoms with Gasteiger partial charge in [0.05, 0.1) is 52.6 Å². The lowest BCUT2D eigenvalue weighted by Crippen LogP contribution is -2.37. The van der Waals surface area contributed by atoms with Crippen LogP contribution < -0.4 is 25.4 Å². The number of fused-ring (bicyclic) bond motifs is 9. The van der Waals surface area contributed by atoms with Crippen LogP contribution in [0.5, 0.6) is 0 Å². The standard InChI is InChI=1S/C70H69N3OSi3/c1-69(2,3)47-28-30-50(31-29-47)72(52-34-40-55(41-35-52)76(6,7)8)61-45-59-65(67-57(61)26-20-44-71-67)66-60(70(59,48-21-14-12-15-22-48)49-23-16-13-17-24-49)46-62(64-58-25-18-19-27-63(58)74-68(64)66)73(51-32-38-54(39-33-51)75(4)5)53-36-42-56(43-37-53)77(9,10)11/h12-46,75H,1-11H3. The topological polar surface area (TPSA) is 32.5 Å². The summed E-state index contributed by atoms with van der Waals surface area (Å²) in [6.07, 6.45) is 1.97. The van der Waals surface area contributed by atoms with Gasteiger partial charge in [0.2, 0.25) is 0 Å². The molecule has 1 aliphatic rings. The van der Waals surface area contributed by atoms with E-state index in [9.17, 15) is 0 Å². The van der Waals surface area contributed by atoms with Gasteiger partial charge >= 0.3 is 0 Å². The minimum absolute atomic E-state index is 0.00375. The van der Waals surface area contributed by atoms with Crippen molar-refractivity contribution in [2.75, 3.05) is 9.80 Å². The summed E-state index contributed by atoms with van der Waals surface area (Å²) in [5, 5.41) is 7.52. The van der Waals surface area contributed by atoms with Gasteiger partial charge in [-0.2, -0.15) is 0 Å². The largest absolute Gasteiger partial charge is 0.455 e. The molecule has 0 aliphatic heterocycles. The van der Waals surface area contributed by atoms with Gasteiger partial charge in [0, 0.05) is 50.8 Å². The Bertz CT molecular complexity index is 3880. The predicted octanol–water partition coefficient (Wildman–Crippen LogP) is 17.5. The number of nitrogens with zero attached hydrogens (tertiary/aromatic N) is 3. The Morgan fingerprint density at radius 3 is 1.45 bits per heavy atom. The predicted molar refractivity (Wildman–Crippen MR) is 339 cm³/mol. The Morgan fingerprint density at radius 2 is 0.935 bits per heavy atom. The summed E-state index contributed by atoms with van der Waals surface area (Å²) >= 11 is 0. The van der Waals surface area contributed by atoms with E-state index >= 15 is 0 Å². The second-order valence-electron chi connectivity index (χ2n) is 24.6. The summed E-state index contributed by atoms with van der Waals surface area (Å²) in [5.41, 5.74) is 16.5. The molecule has 4 nitrogen and oxygen atoms in total. The quantitative estimate of drug-likeness (QED) is 0.121. The second-order valence-corrected chi connectivity index (χ2v) is 37.8. The molecule has 12 rings (SSSR count). The normalized spacial score (nSPS) is 13.4. The molecule has 0 atom stereocenters. The van der Waals surface area contributed by atoms with Crippen LogP contribution >= 0.6 is 0 Å². The number of anilines is 6. The molecule has 0 bridgehead atoms. The number of pyridine rings is 1. The summed E-state index contributed by atoms with van der Waals surface area (Å²) in [6.45, 7) is 26.2. The maximum absolute atomic E-state index is 7.49. The van der Waals surface area contributed by atoms with Crippen LogP contribution in [0.1, 0.15) is 48.6 Å². The average Bonchev–Trinajstić information content (AvgIpc) is 4.15. The van der Waals surface area contributed by atoms with E-state index in [2.05, 4.69) is 289 Å². The fourth-order valence-corrected chi connectivity index (χ4v) is 15.4. The lowest BCUT2D eigenvalue weighted by atomic mass is 9.67. The van der Waals surface area contributed by atoms with Gasteiger partial charge in [-0.05, 0) is 112 Å². The molecule has 0 radical (unpaired) electrons. The Morgan fingerprint density at radius 1 is 0.481 bits per heavy atom. The third-order valence-electron chi connectivity index (χ3n) is 16.2. The van der Waals surface area contributed by atoms with E-state index in [1.54, 1.807) is 0 Å². The molecule has 382 valence electrons. The van der Waals surface area contributed by atoms with Crippen LogP contribution in [0, 0.1) is 0 Å². The first-order chi connectivity index (χ1) is 36.9. The minimum atomic E-state index is -1.62. The zero-order chi connectivity index (χ0) is 53.6. The molecular formula is C70H69N3OSi3. The van der Waals surface area contributed by atoms with Crippen molar-refractivity contribution in [3.63, 3.8) is 0 Å². The first-order valence-corrected chi connectivity index (χ1v) is 37.4. The van der Waals surface area contributed by atoms with Gasteiger partial charge in [-0.1, -0.05) is 216 Å². The smallest absolute Gasteiger partial charge is 0.145 e. The van der Waals surface area contributed by atoms with Crippen LogP contribution in [-0.2, 0) is 10.8 Å². The van der Waals surface area contributed by atoms with Gasteiger partial charge in [0.1, 0.15) is 11.2 Å². The van der Waals surface area contributed by atoms with Crippen LogP contribution in [0.3, 0.4) is 0 Å². The van der Waals surface area contributed by atoms with Crippen molar-refractivity contribution in [2.24, 2.45) is 0 Å².